The summed E-state index contributed by atoms with van der Waals surface area (Å²) in [6, 6.07) is 0. The molecule has 1 saturated heterocycles. The number of carbonyl (C=O) groups excluding carboxylic acids is 3. The van der Waals surface area contributed by atoms with Crippen molar-refractivity contribution >= 4 is 33.4 Å². The minimum atomic E-state index is -5.82. The molecule has 13 atom stereocenters. The Morgan fingerprint density at radius 2 is 1.32 bits per heavy atom. The number of allylic oxidation sites excluding steroid dienone is 6. The van der Waals surface area contributed by atoms with E-state index in [1.54, 1.807) is 0 Å². The number of Topliss-reactive ketones (excluding diaryl/α,β-unsaturated/α-hetero) is 1. The van der Waals surface area contributed by atoms with Crippen molar-refractivity contribution in [2.24, 2.45) is 11.8 Å². The topological polar surface area (TPSA) is 334 Å². The van der Waals surface area contributed by atoms with Gasteiger partial charge in [-0.1, -0.05) is 127 Å². The molecular formula is C52H90O20P2. The summed E-state index contributed by atoms with van der Waals surface area (Å²) in [5.41, 5.74) is 0. The summed E-state index contributed by atoms with van der Waals surface area (Å²) < 4.78 is 52.3. The van der Waals surface area contributed by atoms with Gasteiger partial charge in [0.25, 0.3) is 0 Å². The van der Waals surface area contributed by atoms with Gasteiger partial charge in [-0.05, 0) is 64.2 Å². The van der Waals surface area contributed by atoms with Crippen molar-refractivity contribution in [3.05, 3.63) is 48.6 Å². The number of fused-ring (bicyclic) bond motifs is 4. The van der Waals surface area contributed by atoms with Crippen LogP contribution in [0.2, 0.25) is 0 Å². The van der Waals surface area contributed by atoms with E-state index in [0.29, 0.717) is 19.3 Å². The van der Waals surface area contributed by atoms with Crippen LogP contribution in [-0.4, -0.2) is 142 Å². The molecule has 0 amide bonds. The van der Waals surface area contributed by atoms with Crippen molar-refractivity contribution < 1.29 is 97.0 Å². The normalized spacial score (nSPS) is 30.4. The van der Waals surface area contributed by atoms with Gasteiger partial charge < -0.3 is 59.9 Å². The first-order valence-electron chi connectivity index (χ1n) is 26.9. The highest BCUT2D eigenvalue weighted by Gasteiger charge is 2.52. The van der Waals surface area contributed by atoms with Gasteiger partial charge >= 0.3 is 27.6 Å². The highest BCUT2D eigenvalue weighted by atomic mass is 31.2. The molecule has 0 aromatic rings. The van der Waals surface area contributed by atoms with Gasteiger partial charge in [0.05, 0.1) is 37.1 Å². The van der Waals surface area contributed by atoms with Gasteiger partial charge in [-0.25, -0.2) is 9.13 Å². The molecule has 0 aromatic carbocycles. The smallest absolute Gasteiger partial charge is 0.462 e. The third-order valence-electron chi connectivity index (χ3n) is 13.1. The minimum Gasteiger partial charge on any atom is -0.462 e. The number of cyclic esters (lactones) is 1. The van der Waals surface area contributed by atoms with Crippen molar-refractivity contribution in [1.29, 1.82) is 0 Å². The molecule has 2 aliphatic rings. The molecule has 0 spiro atoms. The molecule has 1 aliphatic heterocycles. The Balaban J connectivity index is 2.24. The van der Waals surface area contributed by atoms with Crippen LogP contribution in [0, 0.1) is 11.8 Å². The van der Waals surface area contributed by atoms with E-state index < -0.39 is 132 Å². The van der Waals surface area contributed by atoms with E-state index in [-0.39, 0.29) is 38.5 Å². The van der Waals surface area contributed by atoms with Crippen LogP contribution in [0.5, 0.6) is 0 Å². The van der Waals surface area contributed by atoms with E-state index in [2.05, 4.69) is 43.4 Å². The van der Waals surface area contributed by atoms with E-state index >= 15 is 0 Å². The number of hydrogen-bond donors (Lipinski definition) is 10. The number of esters is 2. The minimum absolute atomic E-state index is 0.0720. The third-order valence-corrected chi connectivity index (χ3v) is 14.6. The lowest BCUT2D eigenvalue weighted by Crippen LogP contribution is -2.56. The number of aliphatic hydroxyl groups excluding tert-OH is 7. The number of unbranched alkanes of at least 4 members (excludes halogenated alkanes) is 12. The van der Waals surface area contributed by atoms with E-state index in [4.69, 9.17) is 23.0 Å². The van der Waals surface area contributed by atoms with Crippen LogP contribution >= 0.6 is 15.6 Å². The maximum atomic E-state index is 13.8. The molecule has 20 nitrogen and oxygen atoms in total. The number of ether oxygens (including phenoxy) is 2. The molecule has 74 heavy (non-hydrogen) atoms. The summed E-state index contributed by atoms with van der Waals surface area (Å²) in [5, 5.41) is 79.9. The number of phosphoric ester groups is 2. The molecule has 10 N–H and O–H groups in total. The summed E-state index contributed by atoms with van der Waals surface area (Å²) in [6.45, 7) is 2.45. The van der Waals surface area contributed by atoms with Crippen molar-refractivity contribution in [3.63, 3.8) is 0 Å². The molecular weight excluding hydrogens is 1010 g/mol. The fourth-order valence-electron chi connectivity index (χ4n) is 8.79. The number of rotatable bonds is 27. The predicted molar refractivity (Wildman–Crippen MR) is 276 cm³/mol. The zero-order valence-electron chi connectivity index (χ0n) is 43.6. The van der Waals surface area contributed by atoms with Crippen LogP contribution < -0.4 is 0 Å². The van der Waals surface area contributed by atoms with Crippen LogP contribution in [0.25, 0.3) is 0 Å². The molecule has 0 radical (unpaired) electrons. The van der Waals surface area contributed by atoms with E-state index in [9.17, 15) is 73.9 Å². The van der Waals surface area contributed by atoms with Crippen molar-refractivity contribution in [2.75, 3.05) is 13.2 Å². The van der Waals surface area contributed by atoms with Crippen LogP contribution in [-0.2, 0) is 46.6 Å². The fourth-order valence-corrected chi connectivity index (χ4v) is 10.3. The number of phosphoric acid groups is 2. The monoisotopic (exact) mass is 1100 g/mol. The van der Waals surface area contributed by atoms with E-state index in [0.717, 1.165) is 76.4 Å². The Kier molecular flexibility index (Phi) is 34.9. The molecule has 2 rings (SSSR count). The molecule has 2 fully saturated rings. The highest BCUT2D eigenvalue weighted by molar-refractivity contribution is 7.47. The first-order chi connectivity index (χ1) is 35.2. The Labute approximate surface area is 438 Å². The number of aliphatic hydroxyl groups is 7. The molecule has 22 heteroatoms. The Bertz CT molecular complexity index is 1790. The Hall–Kier alpha value is -2.49. The van der Waals surface area contributed by atoms with Gasteiger partial charge in [0.15, 0.2) is 6.10 Å². The summed E-state index contributed by atoms with van der Waals surface area (Å²) >= 11 is 0. The van der Waals surface area contributed by atoms with Gasteiger partial charge in [0, 0.05) is 43.9 Å². The van der Waals surface area contributed by atoms with Gasteiger partial charge in [-0.2, -0.15) is 0 Å². The maximum Gasteiger partial charge on any atom is 0.472 e. The van der Waals surface area contributed by atoms with Crippen molar-refractivity contribution in [1.82, 2.24) is 0 Å². The summed E-state index contributed by atoms with van der Waals surface area (Å²) in [5.74, 6) is -5.61. The highest BCUT2D eigenvalue weighted by Crippen LogP contribution is 2.50. The molecule has 1 unspecified atom stereocenters. The standard InChI is InChI=1S/C52H90O20P2/c1-3-5-7-8-9-10-11-12-13-14-15-16-17-18-19-20-21-22-23-25-31-46(58)70-40-36-68-45(57)30-27-26-29-39(54)34-42-44(56)35-43(55)41(33-32-38(53)28-24-6-4-2)48(60)51(71-73(63,64)65)52(50(62)49(61)47(42)59)72-74(66,67)69-37-40/h10-11,13-14,16-17,32-33,38,40-44,47-53,55-56,59-62H,3-9,12,15,18-31,34-37H2,1-2H3,(H,66,67)(H2,63,64,65)/b11-10-,14-13-,17-16-,33-32+/t38-,40+,41-,42-,43+,44-,47+,48+,49-,50+,51+,52-/m0/s1. The first kappa shape index (κ1) is 67.6. The second-order valence-corrected chi connectivity index (χ2v) is 22.2. The van der Waals surface area contributed by atoms with Crippen LogP contribution in [0.4, 0.5) is 0 Å². The lowest BCUT2D eigenvalue weighted by atomic mass is 9.82. The molecule has 428 valence electrons. The quantitative estimate of drug-likeness (QED) is 0.0175. The zero-order valence-corrected chi connectivity index (χ0v) is 45.4. The van der Waals surface area contributed by atoms with Crippen molar-refractivity contribution in [3.8, 4) is 0 Å². The largest absolute Gasteiger partial charge is 0.472 e. The van der Waals surface area contributed by atoms with Crippen LogP contribution in [0.1, 0.15) is 174 Å². The number of carbonyl (C=O) groups is 3. The average Bonchev–Trinajstić information content (AvgIpc) is 3.34. The van der Waals surface area contributed by atoms with Gasteiger partial charge in [0.1, 0.15) is 36.8 Å². The van der Waals surface area contributed by atoms with E-state index in [1.165, 1.54) is 25.7 Å². The summed E-state index contributed by atoms with van der Waals surface area (Å²) in [6.07, 6.45) is 7.94. The van der Waals surface area contributed by atoms with Gasteiger partial charge in [0.2, 0.25) is 0 Å². The lowest BCUT2D eigenvalue weighted by Gasteiger charge is -2.38. The molecule has 1 saturated carbocycles. The number of hydrogen-bond acceptors (Lipinski definition) is 17. The first-order valence-corrected chi connectivity index (χ1v) is 29.9. The number of ketones is 1. The van der Waals surface area contributed by atoms with Crippen LogP contribution in [0.3, 0.4) is 0 Å². The fraction of sp³-hybridized carbons (Fsp3) is 0.788. The Morgan fingerprint density at radius 3 is 1.96 bits per heavy atom. The summed E-state index contributed by atoms with van der Waals surface area (Å²) in [4.78, 5) is 70.2. The SMILES string of the molecule is CCCCCC/C=C\C/C=C\C/C=C\CCCCCCCCC(=O)O[C@@H]1COC(=O)CCCCC(=O)C[C@@H]2[C@@H](O)[C@H](O)[C@@H](O)[C@H](OP(=O)(O)OC1)[C@H](OP(=O)(O)O)[C@H](O)[C@@H](/C=C/[C@@H](O)CCCCC)[C@H](O)C[C@@H]2O. The predicted octanol–water partition coefficient (Wildman–Crippen LogP) is 6.79. The van der Waals surface area contributed by atoms with Crippen molar-refractivity contribution in [2.45, 2.75) is 235 Å². The average molecular weight is 1100 g/mol. The zero-order chi connectivity index (χ0) is 54.9. The third kappa shape index (κ3) is 29.3. The van der Waals surface area contributed by atoms with Gasteiger partial charge in [-0.3, -0.25) is 28.0 Å². The molecule has 1 aliphatic carbocycles. The van der Waals surface area contributed by atoms with E-state index in [1.807, 2.05) is 6.92 Å². The van der Waals surface area contributed by atoms with Crippen LogP contribution in [0.15, 0.2) is 48.6 Å². The second-order valence-electron chi connectivity index (χ2n) is 19.6. The second kappa shape index (κ2) is 38.1. The summed E-state index contributed by atoms with van der Waals surface area (Å²) in [7, 11) is -11.6. The Morgan fingerprint density at radius 1 is 0.743 bits per heavy atom. The lowest BCUT2D eigenvalue weighted by molar-refractivity contribution is -0.166. The molecule has 1 heterocycles. The molecule has 2 bridgehead atoms. The van der Waals surface area contributed by atoms with Gasteiger partial charge in [-0.15, -0.1) is 0 Å². The maximum absolute atomic E-state index is 13.8. The molecule has 0 aromatic heterocycles.